The van der Waals surface area contributed by atoms with Gasteiger partial charge in [-0.05, 0) is 98.8 Å². The van der Waals surface area contributed by atoms with Crippen LogP contribution in [0.2, 0.25) is 0 Å². The first-order valence-electron chi connectivity index (χ1n) is 22.3. The first-order valence-corrected chi connectivity index (χ1v) is 22.3. The van der Waals surface area contributed by atoms with Crippen LogP contribution in [-0.4, -0.2) is 108 Å². The molecule has 0 radical (unpaired) electrons. The lowest BCUT2D eigenvalue weighted by Crippen LogP contribution is -2.62. The Balaban J connectivity index is 1.40. The summed E-state index contributed by atoms with van der Waals surface area (Å²) in [6.45, 7) is 14.6. The van der Waals surface area contributed by atoms with Crippen molar-refractivity contribution in [2.45, 2.75) is 181 Å². The van der Waals surface area contributed by atoms with E-state index in [1.807, 2.05) is 27.7 Å². The molecule has 2 heterocycles. The molecule has 5 fully saturated rings. The smallest absolute Gasteiger partial charge is 0.289 e. The van der Waals surface area contributed by atoms with Gasteiger partial charge in [0.1, 0.15) is 18.1 Å². The van der Waals surface area contributed by atoms with Crippen LogP contribution in [0.25, 0.3) is 0 Å². The quantitative estimate of drug-likeness (QED) is 0.149. The number of carbonyl (C=O) groups is 6. The van der Waals surface area contributed by atoms with Gasteiger partial charge in [0.2, 0.25) is 29.4 Å². The van der Waals surface area contributed by atoms with Crippen molar-refractivity contribution in [3.63, 3.8) is 0 Å². The van der Waals surface area contributed by atoms with Gasteiger partial charge in [-0.15, -0.1) is 0 Å². The highest BCUT2D eigenvalue weighted by Gasteiger charge is 2.57. The number of piperidine rings is 1. The van der Waals surface area contributed by atoms with E-state index in [1.165, 1.54) is 0 Å². The molecule has 5 amide bonds. The molecule has 14 heteroatoms. The molecule has 328 valence electrons. The van der Waals surface area contributed by atoms with Crippen molar-refractivity contribution in [1.82, 2.24) is 31.1 Å². The first-order chi connectivity index (χ1) is 27.3. The lowest BCUT2D eigenvalue weighted by molar-refractivity contribution is -0.146. The van der Waals surface area contributed by atoms with Crippen LogP contribution in [-0.2, 0) is 28.8 Å². The molecule has 2 saturated heterocycles. The summed E-state index contributed by atoms with van der Waals surface area (Å²) < 4.78 is 26.5. The van der Waals surface area contributed by atoms with Gasteiger partial charge in [0.25, 0.3) is 12.3 Å². The fourth-order valence-electron chi connectivity index (χ4n) is 9.92. The number of nitrogens with zero attached hydrogens (tertiary/aromatic N) is 2. The van der Waals surface area contributed by atoms with Crippen LogP contribution in [0, 0.1) is 34.0 Å². The van der Waals surface area contributed by atoms with Gasteiger partial charge in [0, 0.05) is 19.1 Å². The fraction of sp³-hybridized carbons (Fsp3) is 0.864. The summed E-state index contributed by atoms with van der Waals surface area (Å²) in [5, 5.41) is 11.7. The van der Waals surface area contributed by atoms with Gasteiger partial charge >= 0.3 is 0 Å². The van der Waals surface area contributed by atoms with E-state index in [0.717, 1.165) is 64.2 Å². The zero-order valence-electron chi connectivity index (χ0n) is 36.2. The molecule has 3 aliphatic carbocycles. The summed E-state index contributed by atoms with van der Waals surface area (Å²) in [5.74, 6) is -3.39. The van der Waals surface area contributed by atoms with E-state index in [9.17, 15) is 32.8 Å². The number of rotatable bonds is 17. The third-order valence-electron chi connectivity index (χ3n) is 14.5. The van der Waals surface area contributed by atoms with Crippen LogP contribution in [0.5, 0.6) is 0 Å². The second-order valence-corrected chi connectivity index (χ2v) is 20.2. The van der Waals surface area contributed by atoms with Crippen molar-refractivity contribution in [3.05, 3.63) is 0 Å². The van der Waals surface area contributed by atoms with E-state index in [0.29, 0.717) is 38.1 Å². The van der Waals surface area contributed by atoms with Gasteiger partial charge in [-0.25, -0.2) is 8.78 Å². The summed E-state index contributed by atoms with van der Waals surface area (Å²) in [6.07, 6.45) is 9.02. The molecule has 4 N–H and O–H groups in total. The molecular formula is C44H72F2N6O6. The molecule has 0 aromatic rings. The predicted molar refractivity (Wildman–Crippen MR) is 217 cm³/mol. The molecule has 5 aliphatic rings. The average molecular weight is 819 g/mol. The molecule has 1 unspecified atom stereocenters. The summed E-state index contributed by atoms with van der Waals surface area (Å²) in [7, 11) is 0. The lowest BCUT2D eigenvalue weighted by atomic mass is 9.54. The minimum Gasteiger partial charge on any atom is -0.347 e. The minimum absolute atomic E-state index is 0.0158. The highest BCUT2D eigenvalue weighted by Crippen LogP contribution is 2.57. The highest BCUT2D eigenvalue weighted by molar-refractivity contribution is 6.38. The normalized spacial score (nSPS) is 26.6. The third-order valence-corrected chi connectivity index (χ3v) is 14.5. The second-order valence-electron chi connectivity index (χ2n) is 20.2. The Morgan fingerprint density at radius 2 is 1.48 bits per heavy atom. The molecule has 5 rings (SSSR count). The maximum Gasteiger partial charge on any atom is 0.289 e. The van der Waals surface area contributed by atoms with Crippen molar-refractivity contribution < 1.29 is 37.5 Å². The van der Waals surface area contributed by atoms with Gasteiger partial charge in [0.05, 0.1) is 18.5 Å². The van der Waals surface area contributed by atoms with Gasteiger partial charge in [0.15, 0.2) is 0 Å². The van der Waals surface area contributed by atoms with Crippen LogP contribution in [0.1, 0.15) is 145 Å². The fourth-order valence-corrected chi connectivity index (χ4v) is 9.92. The van der Waals surface area contributed by atoms with E-state index in [1.54, 1.807) is 9.80 Å². The number of amides is 5. The maximum atomic E-state index is 15.1. The molecule has 2 aliphatic heterocycles. The zero-order chi connectivity index (χ0) is 42.6. The Morgan fingerprint density at radius 3 is 2.05 bits per heavy atom. The largest absolute Gasteiger partial charge is 0.347 e. The molecular weight excluding hydrogens is 747 g/mol. The number of ketones is 1. The highest BCUT2D eigenvalue weighted by atomic mass is 19.3. The van der Waals surface area contributed by atoms with Gasteiger partial charge in [-0.3, -0.25) is 33.7 Å². The number of Topliss-reactive ketones (excluding diaryl/α,β-unsaturated/α-hetero) is 1. The molecule has 6 atom stereocenters. The Labute approximate surface area is 344 Å². The standard InChI is InChI=1S/C44H72F2N6O6/c1-8-14-31(35(53)40(57)47-30-20-21-30)48-38(55)32-23-44(7,43(5,6)29-18-12-19-29)26-52(32)41(58)36(42(2,3)4)50-39(56)34(27-15-10-9-11-16-27)49-37(54)28-17-13-22-51(24-28)25-33(45)46/h27-34,36H,8-26H2,1-7H3,(H,47,57)(H,48,55)(H,49,54)(H,50,56)/t28-,31?,32+,34+,36-,44+/m1/s1. The van der Waals surface area contributed by atoms with Crippen molar-refractivity contribution in [2.75, 3.05) is 26.2 Å². The van der Waals surface area contributed by atoms with Crippen molar-refractivity contribution >= 4 is 35.3 Å². The summed E-state index contributed by atoms with van der Waals surface area (Å²) in [4.78, 5) is 87.3. The SMILES string of the molecule is CCCC(NC(=O)[C@@H]1C[C@](C)(C(C)(C)C2CCC2)CN1C(=O)[C@@H](NC(=O)[C@@H](NC(=O)[C@@H]1CCCN(CC(F)F)C1)C1CCCCC1)C(C)(C)C)C(=O)C(=O)NC1CC1. The number of hydrogen-bond donors (Lipinski definition) is 4. The number of halogens is 2. The topological polar surface area (TPSA) is 157 Å². The van der Waals surface area contributed by atoms with E-state index in [-0.39, 0.29) is 42.8 Å². The van der Waals surface area contributed by atoms with Crippen LogP contribution in [0.4, 0.5) is 8.78 Å². The lowest BCUT2D eigenvalue weighted by Gasteiger charge is -2.50. The van der Waals surface area contributed by atoms with Crippen LogP contribution in [0.15, 0.2) is 0 Å². The number of alkyl halides is 2. The summed E-state index contributed by atoms with van der Waals surface area (Å²) >= 11 is 0. The van der Waals surface area contributed by atoms with E-state index < -0.39 is 83.3 Å². The maximum absolute atomic E-state index is 15.1. The van der Waals surface area contributed by atoms with Crippen LogP contribution < -0.4 is 21.3 Å². The molecule has 0 aromatic carbocycles. The Kier molecular flexibility index (Phi) is 15.1. The zero-order valence-corrected chi connectivity index (χ0v) is 36.2. The van der Waals surface area contributed by atoms with E-state index in [4.69, 9.17) is 0 Å². The number of carbonyl (C=O) groups excluding carboxylic acids is 6. The van der Waals surface area contributed by atoms with Crippen LogP contribution >= 0.6 is 0 Å². The molecule has 58 heavy (non-hydrogen) atoms. The number of hydrogen-bond acceptors (Lipinski definition) is 7. The van der Waals surface area contributed by atoms with Crippen LogP contribution in [0.3, 0.4) is 0 Å². The Hall–Kier alpha value is -3.16. The second kappa shape index (κ2) is 19.0. The van der Waals surface area contributed by atoms with E-state index in [2.05, 4.69) is 42.0 Å². The Bertz CT molecular complexity index is 1500. The van der Waals surface area contributed by atoms with Crippen molar-refractivity contribution in [2.24, 2.45) is 34.0 Å². The molecule has 0 aromatic heterocycles. The van der Waals surface area contributed by atoms with Gasteiger partial charge < -0.3 is 26.2 Å². The molecule has 0 bridgehead atoms. The van der Waals surface area contributed by atoms with Crippen molar-refractivity contribution in [1.29, 1.82) is 0 Å². The third kappa shape index (κ3) is 11.0. The summed E-state index contributed by atoms with van der Waals surface area (Å²) in [5.41, 5.74) is -1.52. The number of nitrogens with one attached hydrogen (secondary N) is 4. The Morgan fingerprint density at radius 1 is 0.810 bits per heavy atom. The van der Waals surface area contributed by atoms with Gasteiger partial charge in [-0.2, -0.15) is 0 Å². The molecule has 0 spiro atoms. The van der Waals surface area contributed by atoms with Crippen molar-refractivity contribution in [3.8, 4) is 0 Å². The molecule has 12 nitrogen and oxygen atoms in total. The first kappa shape index (κ1) is 45.9. The summed E-state index contributed by atoms with van der Waals surface area (Å²) in [6, 6.07) is -3.99. The minimum atomic E-state index is -2.50. The number of likely N-dealkylation sites (tertiary alicyclic amines) is 2. The molecule has 3 saturated carbocycles. The predicted octanol–water partition coefficient (Wildman–Crippen LogP) is 5.13. The van der Waals surface area contributed by atoms with E-state index >= 15 is 4.79 Å². The monoisotopic (exact) mass is 819 g/mol. The average Bonchev–Trinajstić information content (AvgIpc) is 3.87. The van der Waals surface area contributed by atoms with Gasteiger partial charge in [-0.1, -0.05) is 80.6 Å².